The lowest BCUT2D eigenvalue weighted by atomic mass is 10.1. The van der Waals surface area contributed by atoms with Gasteiger partial charge in [0.1, 0.15) is 5.69 Å². The van der Waals surface area contributed by atoms with Gasteiger partial charge in [0.05, 0.1) is 36.2 Å². The number of carbonyl (C=O) groups is 1. The van der Waals surface area contributed by atoms with E-state index in [1.165, 1.54) is 0 Å². The first-order valence-electron chi connectivity index (χ1n) is 8.44. The number of methoxy groups -OCH3 is 2. The standard InChI is InChI=1S/C20H20ClN3O3/c1-4-15-19(22-20(25)13-7-5-6-8-14(13)21)18(24-23-15)12-9-10-16(26-2)17(11-12)27-3/h5-11H,4H2,1-3H3,(H,22,25)(H,23,24). The zero-order chi connectivity index (χ0) is 19.4. The van der Waals surface area contributed by atoms with Crippen molar-refractivity contribution in [3.63, 3.8) is 0 Å². The number of nitrogens with one attached hydrogen (secondary N) is 2. The minimum Gasteiger partial charge on any atom is -0.493 e. The monoisotopic (exact) mass is 385 g/mol. The van der Waals surface area contributed by atoms with Crippen LogP contribution in [-0.4, -0.2) is 30.3 Å². The number of anilines is 1. The molecule has 7 heteroatoms. The molecule has 6 nitrogen and oxygen atoms in total. The Morgan fingerprint density at radius 1 is 1.15 bits per heavy atom. The lowest BCUT2D eigenvalue weighted by Gasteiger charge is -2.11. The number of aromatic nitrogens is 2. The lowest BCUT2D eigenvalue weighted by Crippen LogP contribution is -2.13. The van der Waals surface area contributed by atoms with E-state index >= 15 is 0 Å². The van der Waals surface area contributed by atoms with Gasteiger partial charge in [-0.25, -0.2) is 0 Å². The van der Waals surface area contributed by atoms with Crippen molar-refractivity contribution < 1.29 is 14.3 Å². The smallest absolute Gasteiger partial charge is 0.257 e. The van der Waals surface area contributed by atoms with Crippen LogP contribution in [0.25, 0.3) is 11.3 Å². The highest BCUT2D eigenvalue weighted by atomic mass is 35.5. The molecule has 3 rings (SSSR count). The van der Waals surface area contributed by atoms with Crippen LogP contribution in [0.5, 0.6) is 11.5 Å². The van der Waals surface area contributed by atoms with Crippen LogP contribution in [-0.2, 0) is 6.42 Å². The van der Waals surface area contributed by atoms with Crippen LogP contribution in [0.2, 0.25) is 5.02 Å². The van der Waals surface area contributed by atoms with Crippen LogP contribution < -0.4 is 14.8 Å². The lowest BCUT2D eigenvalue weighted by molar-refractivity contribution is 0.102. The van der Waals surface area contributed by atoms with Crippen LogP contribution in [0.3, 0.4) is 0 Å². The molecule has 0 bridgehead atoms. The molecule has 3 aromatic rings. The maximum Gasteiger partial charge on any atom is 0.257 e. The highest BCUT2D eigenvalue weighted by Gasteiger charge is 2.19. The van der Waals surface area contributed by atoms with Gasteiger partial charge in [-0.05, 0) is 36.8 Å². The third kappa shape index (κ3) is 3.75. The van der Waals surface area contributed by atoms with E-state index in [2.05, 4.69) is 15.5 Å². The van der Waals surface area contributed by atoms with Crippen molar-refractivity contribution in [1.82, 2.24) is 10.2 Å². The molecule has 0 saturated carbocycles. The van der Waals surface area contributed by atoms with Crippen LogP contribution in [0.1, 0.15) is 23.0 Å². The second-order valence-corrected chi connectivity index (χ2v) is 6.19. The molecule has 0 unspecified atom stereocenters. The number of hydrogen-bond acceptors (Lipinski definition) is 4. The number of aryl methyl sites for hydroxylation is 1. The maximum atomic E-state index is 12.7. The number of aromatic amines is 1. The molecule has 140 valence electrons. The number of ether oxygens (including phenoxy) is 2. The number of hydrogen-bond donors (Lipinski definition) is 2. The molecule has 0 fully saturated rings. The van der Waals surface area contributed by atoms with Crippen LogP contribution in [0.4, 0.5) is 5.69 Å². The zero-order valence-electron chi connectivity index (χ0n) is 15.3. The summed E-state index contributed by atoms with van der Waals surface area (Å²) in [7, 11) is 3.15. The molecule has 2 N–H and O–H groups in total. The summed E-state index contributed by atoms with van der Waals surface area (Å²) in [4.78, 5) is 12.7. The van der Waals surface area contributed by atoms with Gasteiger partial charge in [-0.2, -0.15) is 5.10 Å². The number of halogens is 1. The first-order chi connectivity index (χ1) is 13.1. The summed E-state index contributed by atoms with van der Waals surface area (Å²) < 4.78 is 10.7. The minimum atomic E-state index is -0.293. The van der Waals surface area contributed by atoms with Crippen LogP contribution in [0.15, 0.2) is 42.5 Å². The van der Waals surface area contributed by atoms with Crippen molar-refractivity contribution in [2.75, 3.05) is 19.5 Å². The first-order valence-corrected chi connectivity index (χ1v) is 8.82. The normalized spacial score (nSPS) is 10.5. The zero-order valence-corrected chi connectivity index (χ0v) is 16.1. The van der Waals surface area contributed by atoms with Crippen molar-refractivity contribution >= 4 is 23.2 Å². The van der Waals surface area contributed by atoms with Crippen molar-refractivity contribution in [2.24, 2.45) is 0 Å². The predicted octanol–water partition coefficient (Wildman–Crippen LogP) is 4.56. The molecule has 2 aromatic carbocycles. The molecular weight excluding hydrogens is 366 g/mol. The number of amides is 1. The van der Waals surface area contributed by atoms with E-state index in [-0.39, 0.29) is 5.91 Å². The highest BCUT2D eigenvalue weighted by molar-refractivity contribution is 6.34. The Morgan fingerprint density at radius 3 is 2.56 bits per heavy atom. The van der Waals surface area contributed by atoms with Gasteiger partial charge in [0.2, 0.25) is 0 Å². The third-order valence-electron chi connectivity index (χ3n) is 4.21. The summed E-state index contributed by atoms with van der Waals surface area (Å²) >= 11 is 6.15. The minimum absolute atomic E-state index is 0.293. The molecule has 0 radical (unpaired) electrons. The van der Waals surface area contributed by atoms with Crippen molar-refractivity contribution in [1.29, 1.82) is 0 Å². The fourth-order valence-corrected chi connectivity index (χ4v) is 3.01. The van der Waals surface area contributed by atoms with E-state index in [4.69, 9.17) is 21.1 Å². The molecule has 0 spiro atoms. The molecule has 1 aromatic heterocycles. The number of nitrogens with zero attached hydrogens (tertiary/aromatic N) is 1. The Labute approximate surface area is 162 Å². The Bertz CT molecular complexity index is 969. The molecule has 27 heavy (non-hydrogen) atoms. The van der Waals surface area contributed by atoms with Crippen molar-refractivity contribution in [3.05, 3.63) is 58.7 Å². The summed E-state index contributed by atoms with van der Waals surface area (Å²) in [6.45, 7) is 1.98. The molecule has 0 aliphatic heterocycles. The second-order valence-electron chi connectivity index (χ2n) is 5.78. The van der Waals surface area contributed by atoms with E-state index in [0.29, 0.717) is 39.9 Å². The predicted molar refractivity (Wildman–Crippen MR) is 106 cm³/mol. The van der Waals surface area contributed by atoms with Gasteiger partial charge < -0.3 is 14.8 Å². The van der Waals surface area contributed by atoms with Gasteiger partial charge in [0, 0.05) is 5.56 Å². The summed E-state index contributed by atoms with van der Waals surface area (Å²) in [5, 5.41) is 10.7. The molecule has 0 saturated heterocycles. The number of benzene rings is 2. The van der Waals surface area contributed by atoms with E-state index in [0.717, 1.165) is 11.3 Å². The Kier molecular flexibility index (Phi) is 5.66. The van der Waals surface area contributed by atoms with Gasteiger partial charge in [-0.15, -0.1) is 0 Å². The summed E-state index contributed by atoms with van der Waals surface area (Å²) in [5.41, 5.74) is 3.25. The molecule has 0 aliphatic carbocycles. The van der Waals surface area contributed by atoms with E-state index in [1.807, 2.05) is 19.1 Å². The number of carbonyl (C=O) groups excluding carboxylic acids is 1. The second kappa shape index (κ2) is 8.14. The molecule has 1 amide bonds. The van der Waals surface area contributed by atoms with Gasteiger partial charge in [-0.1, -0.05) is 30.7 Å². The fourth-order valence-electron chi connectivity index (χ4n) is 2.79. The fraction of sp³-hybridized carbons (Fsp3) is 0.200. The highest BCUT2D eigenvalue weighted by Crippen LogP contribution is 2.36. The Balaban J connectivity index is 2.01. The van der Waals surface area contributed by atoms with Gasteiger partial charge in [-0.3, -0.25) is 9.89 Å². The average Bonchev–Trinajstić information content (AvgIpc) is 3.10. The number of rotatable bonds is 6. The first kappa shape index (κ1) is 18.8. The van der Waals surface area contributed by atoms with Crippen molar-refractivity contribution in [2.45, 2.75) is 13.3 Å². The van der Waals surface area contributed by atoms with E-state index < -0.39 is 0 Å². The van der Waals surface area contributed by atoms with E-state index in [1.54, 1.807) is 44.6 Å². The largest absolute Gasteiger partial charge is 0.493 e. The van der Waals surface area contributed by atoms with Crippen LogP contribution in [0, 0.1) is 0 Å². The van der Waals surface area contributed by atoms with Gasteiger partial charge >= 0.3 is 0 Å². The van der Waals surface area contributed by atoms with Crippen LogP contribution >= 0.6 is 11.6 Å². The Morgan fingerprint density at radius 2 is 1.89 bits per heavy atom. The summed E-state index contributed by atoms with van der Waals surface area (Å²) in [5.74, 6) is 0.909. The Hall–Kier alpha value is -2.99. The average molecular weight is 386 g/mol. The van der Waals surface area contributed by atoms with Gasteiger partial charge in [0.25, 0.3) is 5.91 Å². The SMILES string of the molecule is CCc1[nH]nc(-c2ccc(OC)c(OC)c2)c1NC(=O)c1ccccc1Cl. The maximum absolute atomic E-state index is 12.7. The van der Waals surface area contributed by atoms with Crippen molar-refractivity contribution in [3.8, 4) is 22.8 Å². The molecule has 0 atom stereocenters. The quantitative estimate of drug-likeness (QED) is 0.652. The van der Waals surface area contributed by atoms with Gasteiger partial charge in [0.15, 0.2) is 11.5 Å². The molecular formula is C20H20ClN3O3. The molecule has 0 aliphatic rings. The molecule has 1 heterocycles. The topological polar surface area (TPSA) is 76.2 Å². The van der Waals surface area contributed by atoms with E-state index in [9.17, 15) is 4.79 Å². The summed E-state index contributed by atoms with van der Waals surface area (Å²) in [6.07, 6.45) is 0.679. The third-order valence-corrected chi connectivity index (χ3v) is 4.54. The number of H-pyrrole nitrogens is 1. The summed E-state index contributed by atoms with van der Waals surface area (Å²) in [6, 6.07) is 12.4.